The first-order valence-electron chi connectivity index (χ1n) is 11.8. The molecule has 0 unspecified atom stereocenters. The van der Waals surface area contributed by atoms with E-state index in [-0.39, 0.29) is 31.5 Å². The van der Waals surface area contributed by atoms with Crippen molar-refractivity contribution >= 4 is 23.8 Å². The highest BCUT2D eigenvalue weighted by Crippen LogP contribution is 2.27. The van der Waals surface area contributed by atoms with E-state index in [9.17, 15) is 32.3 Å². The van der Waals surface area contributed by atoms with Crippen LogP contribution in [0.3, 0.4) is 0 Å². The van der Waals surface area contributed by atoms with Gasteiger partial charge in [0.1, 0.15) is 18.4 Å². The minimum absolute atomic E-state index is 0.195. The Morgan fingerprint density at radius 1 is 1.05 bits per heavy atom. The first-order chi connectivity index (χ1) is 18.0. The Balaban J connectivity index is 1.57. The summed E-state index contributed by atoms with van der Waals surface area (Å²) in [6.07, 6.45) is -0.903. The van der Waals surface area contributed by atoms with Crippen molar-refractivity contribution in [1.82, 2.24) is 10.2 Å². The van der Waals surface area contributed by atoms with Gasteiger partial charge in [0.05, 0.1) is 6.42 Å². The second-order valence-electron chi connectivity index (χ2n) is 8.94. The van der Waals surface area contributed by atoms with Crippen molar-refractivity contribution in [3.63, 3.8) is 0 Å². The average molecular weight is 537 g/mol. The summed E-state index contributed by atoms with van der Waals surface area (Å²) in [4.78, 5) is 50.5. The van der Waals surface area contributed by atoms with E-state index in [1.54, 1.807) is 25.1 Å². The Morgan fingerprint density at radius 2 is 1.71 bits per heavy atom. The molecule has 2 aromatic rings. The number of amides is 2. The van der Waals surface area contributed by atoms with Crippen LogP contribution in [0.2, 0.25) is 0 Å². The number of carboxylic acid groups (broad SMARTS) is 1. The number of ether oxygens (including phenoxy) is 2. The molecule has 1 heterocycles. The molecule has 2 amide bonds. The Hall–Kier alpha value is -4.09. The van der Waals surface area contributed by atoms with Gasteiger partial charge in [-0.3, -0.25) is 14.4 Å². The van der Waals surface area contributed by atoms with Crippen LogP contribution >= 0.6 is 0 Å². The van der Waals surface area contributed by atoms with Crippen LogP contribution in [-0.4, -0.2) is 59.5 Å². The highest BCUT2D eigenvalue weighted by Gasteiger charge is 2.32. The van der Waals surface area contributed by atoms with Gasteiger partial charge in [0.2, 0.25) is 11.7 Å². The van der Waals surface area contributed by atoms with Gasteiger partial charge in [-0.15, -0.1) is 0 Å². The molecule has 0 saturated carbocycles. The van der Waals surface area contributed by atoms with Gasteiger partial charge in [-0.1, -0.05) is 18.2 Å². The molecule has 0 radical (unpaired) electrons. The molecule has 12 heteroatoms. The number of likely N-dealkylation sites (tertiary alicyclic amines) is 1. The lowest BCUT2D eigenvalue weighted by molar-refractivity contribution is -0.141. The maximum absolute atomic E-state index is 14.1. The van der Waals surface area contributed by atoms with Crippen molar-refractivity contribution in [1.29, 1.82) is 0 Å². The molecular formula is C26H27F3N2O7. The van der Waals surface area contributed by atoms with Crippen LogP contribution < -0.4 is 14.8 Å². The Morgan fingerprint density at radius 3 is 2.34 bits per heavy atom. The number of ketones is 1. The standard InChI is InChI=1S/C26H27F3N2O7/c1-14-5-3-4-6-20(14)38-26(36)31-9-7-16(8-10-31)25(35)30-18(12-21(33)34)19(32)13-37-24-22(28)15(2)11-17(27)23(24)29/h3-6,11,16,18H,7-10,12-13H2,1-2H3,(H,30,35)(H,33,34)/t18-/m0/s1. The van der Waals surface area contributed by atoms with Crippen molar-refractivity contribution in [3.8, 4) is 11.5 Å². The first kappa shape index (κ1) is 28.5. The molecule has 9 nitrogen and oxygen atoms in total. The van der Waals surface area contributed by atoms with Crippen molar-refractivity contribution in [2.45, 2.75) is 39.2 Å². The SMILES string of the molecule is Cc1ccccc1OC(=O)N1CCC(C(=O)N[C@@H](CC(=O)O)C(=O)COc2c(F)c(C)cc(F)c2F)CC1. The summed E-state index contributed by atoms with van der Waals surface area (Å²) >= 11 is 0. The van der Waals surface area contributed by atoms with Crippen LogP contribution in [-0.2, 0) is 14.4 Å². The molecule has 0 aliphatic carbocycles. The largest absolute Gasteiger partial charge is 0.481 e. The third-order valence-electron chi connectivity index (χ3n) is 6.16. The molecule has 38 heavy (non-hydrogen) atoms. The van der Waals surface area contributed by atoms with Crippen LogP contribution in [0.1, 0.15) is 30.4 Å². The molecule has 1 fully saturated rings. The zero-order chi connectivity index (χ0) is 28.0. The molecule has 1 atom stereocenters. The smallest absolute Gasteiger partial charge is 0.415 e. The normalized spacial score (nSPS) is 14.5. The van der Waals surface area contributed by atoms with Gasteiger partial charge in [0, 0.05) is 19.0 Å². The maximum Gasteiger partial charge on any atom is 0.415 e. The van der Waals surface area contributed by atoms with Crippen LogP contribution in [0.25, 0.3) is 0 Å². The van der Waals surface area contributed by atoms with E-state index in [0.717, 1.165) is 5.56 Å². The van der Waals surface area contributed by atoms with Crippen molar-refractivity contribution < 1.29 is 46.9 Å². The zero-order valence-electron chi connectivity index (χ0n) is 20.8. The van der Waals surface area contributed by atoms with E-state index in [1.807, 2.05) is 6.07 Å². The molecule has 3 rings (SSSR count). The number of carboxylic acids is 1. The molecule has 1 aliphatic rings. The van der Waals surface area contributed by atoms with E-state index in [0.29, 0.717) is 11.8 Å². The molecular weight excluding hydrogens is 509 g/mol. The minimum atomic E-state index is -1.63. The number of carbonyl (C=O) groups excluding carboxylic acids is 3. The van der Waals surface area contributed by atoms with Crippen LogP contribution in [0.5, 0.6) is 11.5 Å². The number of aryl methyl sites for hydroxylation is 2. The van der Waals surface area contributed by atoms with E-state index in [4.69, 9.17) is 14.6 Å². The predicted molar refractivity (Wildman–Crippen MR) is 127 cm³/mol. The Kier molecular flexibility index (Phi) is 9.32. The van der Waals surface area contributed by atoms with Gasteiger partial charge in [0.25, 0.3) is 0 Å². The maximum atomic E-state index is 14.1. The van der Waals surface area contributed by atoms with Crippen molar-refractivity contribution in [2.24, 2.45) is 5.92 Å². The lowest BCUT2D eigenvalue weighted by atomic mass is 9.95. The zero-order valence-corrected chi connectivity index (χ0v) is 20.8. The van der Waals surface area contributed by atoms with Crippen molar-refractivity contribution in [3.05, 3.63) is 58.9 Å². The van der Waals surface area contributed by atoms with E-state index in [1.165, 1.54) is 11.8 Å². The number of Topliss-reactive ketones (excluding diaryl/α,β-unsaturated/α-hetero) is 1. The summed E-state index contributed by atoms with van der Waals surface area (Å²) in [5.41, 5.74) is 0.530. The lowest BCUT2D eigenvalue weighted by Gasteiger charge is -2.31. The van der Waals surface area contributed by atoms with Crippen LogP contribution in [0.4, 0.5) is 18.0 Å². The van der Waals surface area contributed by atoms with Gasteiger partial charge in [-0.05, 0) is 49.9 Å². The molecule has 1 saturated heterocycles. The number of piperidine rings is 1. The number of nitrogens with zero attached hydrogens (tertiary/aromatic N) is 1. The van der Waals surface area contributed by atoms with Gasteiger partial charge in [0.15, 0.2) is 23.2 Å². The Labute approximate surface area is 216 Å². The highest BCUT2D eigenvalue weighted by atomic mass is 19.2. The first-order valence-corrected chi connectivity index (χ1v) is 11.8. The number of hydrogen-bond donors (Lipinski definition) is 2. The quantitative estimate of drug-likeness (QED) is 0.470. The van der Waals surface area contributed by atoms with Crippen molar-refractivity contribution in [2.75, 3.05) is 19.7 Å². The van der Waals surface area contributed by atoms with Crippen LogP contribution in [0.15, 0.2) is 30.3 Å². The van der Waals surface area contributed by atoms with E-state index < -0.39 is 71.9 Å². The lowest BCUT2D eigenvalue weighted by Crippen LogP contribution is -2.49. The average Bonchev–Trinajstić information content (AvgIpc) is 2.88. The second-order valence-corrected chi connectivity index (χ2v) is 8.94. The van der Waals surface area contributed by atoms with Gasteiger partial charge >= 0.3 is 12.1 Å². The number of benzene rings is 2. The summed E-state index contributed by atoms with van der Waals surface area (Å²) in [5.74, 6) is -8.52. The number of hydrogen-bond acceptors (Lipinski definition) is 6. The fraction of sp³-hybridized carbons (Fsp3) is 0.385. The molecule has 2 N–H and O–H groups in total. The van der Waals surface area contributed by atoms with E-state index >= 15 is 0 Å². The topological polar surface area (TPSA) is 122 Å². The summed E-state index contributed by atoms with van der Waals surface area (Å²) in [6.45, 7) is 2.36. The number of para-hydroxylation sites is 1. The molecule has 204 valence electrons. The summed E-state index contributed by atoms with van der Waals surface area (Å²) in [6, 6.07) is 6.08. The predicted octanol–water partition coefficient (Wildman–Crippen LogP) is 3.54. The summed E-state index contributed by atoms with van der Waals surface area (Å²) < 4.78 is 51.9. The number of aliphatic carboxylic acids is 1. The number of rotatable bonds is 9. The fourth-order valence-corrected chi connectivity index (χ4v) is 3.93. The Bertz CT molecular complexity index is 1200. The fourth-order valence-electron chi connectivity index (χ4n) is 3.93. The number of carbonyl (C=O) groups is 4. The second kappa shape index (κ2) is 12.4. The summed E-state index contributed by atoms with van der Waals surface area (Å²) in [5, 5.41) is 11.5. The van der Waals surface area contributed by atoms with Gasteiger partial charge in [-0.25, -0.2) is 13.6 Å². The molecule has 0 spiro atoms. The van der Waals surface area contributed by atoms with E-state index in [2.05, 4.69) is 5.32 Å². The third-order valence-corrected chi connectivity index (χ3v) is 6.16. The number of nitrogens with one attached hydrogen (secondary N) is 1. The molecule has 0 bridgehead atoms. The van der Waals surface area contributed by atoms with Gasteiger partial charge < -0.3 is 24.8 Å². The van der Waals surface area contributed by atoms with Gasteiger partial charge in [-0.2, -0.15) is 4.39 Å². The molecule has 2 aromatic carbocycles. The number of halogens is 3. The van der Waals surface area contributed by atoms with Crippen LogP contribution in [0, 0.1) is 37.2 Å². The summed E-state index contributed by atoms with van der Waals surface area (Å²) in [7, 11) is 0. The highest BCUT2D eigenvalue weighted by molar-refractivity contribution is 5.93. The monoisotopic (exact) mass is 536 g/mol. The third kappa shape index (κ3) is 7.02. The molecule has 1 aliphatic heterocycles. The minimum Gasteiger partial charge on any atom is -0.481 e. The molecule has 0 aromatic heterocycles.